The highest BCUT2D eigenvalue weighted by Gasteiger charge is 2.47. The topological polar surface area (TPSA) is 58.6 Å². The highest BCUT2D eigenvalue weighted by atomic mass is 31.1. The first kappa shape index (κ1) is 15.2. The minimum atomic E-state index is -0.833. The van der Waals surface area contributed by atoms with Crippen LogP contribution in [0.1, 0.15) is 30.0 Å². The molecule has 1 fully saturated rings. The molecule has 1 amide bonds. The van der Waals surface area contributed by atoms with Crippen LogP contribution in [0.4, 0.5) is 0 Å². The van der Waals surface area contributed by atoms with Gasteiger partial charge in [-0.3, -0.25) is 9.80 Å². The lowest BCUT2D eigenvalue weighted by molar-refractivity contribution is -0.132. The number of rotatable bonds is 3. The van der Waals surface area contributed by atoms with Crippen LogP contribution in [0.25, 0.3) is 0 Å². The van der Waals surface area contributed by atoms with Crippen LogP contribution in [-0.4, -0.2) is 10.9 Å². The summed E-state index contributed by atoms with van der Waals surface area (Å²) in [6.07, 6.45) is 3.31. The molecule has 24 heavy (non-hydrogen) atoms. The van der Waals surface area contributed by atoms with Gasteiger partial charge in [-0.05, 0) is 37.5 Å². The number of furan rings is 2. The lowest BCUT2D eigenvalue weighted by Gasteiger charge is -2.24. The number of nitrogens with zero attached hydrogens (tertiary/aromatic N) is 1. The number of nitrogens with one attached hydrogen (secondary N) is 1. The average Bonchev–Trinajstić information content (AvgIpc) is 3.33. The summed E-state index contributed by atoms with van der Waals surface area (Å²) < 4.78 is 11.3. The molecular formula is C18H17N2O3P. The molecule has 1 aromatic carbocycles. The highest BCUT2D eigenvalue weighted by Crippen LogP contribution is 2.64. The Labute approximate surface area is 141 Å². The van der Waals surface area contributed by atoms with Crippen molar-refractivity contribution in [2.24, 2.45) is 0 Å². The molecule has 3 aromatic rings. The van der Waals surface area contributed by atoms with Crippen molar-refractivity contribution in [2.45, 2.75) is 18.5 Å². The number of benzene rings is 1. The Morgan fingerprint density at radius 2 is 1.67 bits per heavy atom. The smallest absolute Gasteiger partial charge is 0.234 e. The van der Waals surface area contributed by atoms with Crippen molar-refractivity contribution in [1.29, 1.82) is 0 Å². The Morgan fingerprint density at radius 3 is 2.25 bits per heavy atom. The molecule has 1 aliphatic rings. The van der Waals surface area contributed by atoms with Gasteiger partial charge in [0.05, 0.1) is 12.5 Å². The van der Waals surface area contributed by atoms with Crippen LogP contribution in [0.2, 0.25) is 0 Å². The monoisotopic (exact) mass is 340 g/mol. The third-order valence-corrected chi connectivity index (χ3v) is 6.88. The normalized spacial score (nSPS) is 23.5. The summed E-state index contributed by atoms with van der Waals surface area (Å²) in [6.45, 7) is 1.56. The molecule has 1 saturated heterocycles. The van der Waals surface area contributed by atoms with E-state index in [2.05, 4.69) is 17.6 Å². The molecule has 1 unspecified atom stereocenters. The molecule has 4 rings (SSSR count). The Morgan fingerprint density at radius 1 is 1.00 bits per heavy atom. The molecule has 6 heteroatoms. The third-order valence-electron chi connectivity index (χ3n) is 4.05. The Hall–Kier alpha value is -2.36. The number of carbonyl (C=O) groups excluding carboxylic acids is 1. The van der Waals surface area contributed by atoms with Gasteiger partial charge in [-0.2, -0.15) is 0 Å². The van der Waals surface area contributed by atoms with Crippen molar-refractivity contribution in [3.8, 4) is 0 Å². The van der Waals surface area contributed by atoms with E-state index in [0.29, 0.717) is 0 Å². The Balaban J connectivity index is 1.85. The second-order valence-electron chi connectivity index (χ2n) is 5.57. The third kappa shape index (κ3) is 2.56. The van der Waals surface area contributed by atoms with Gasteiger partial charge in [-0.1, -0.05) is 30.3 Å². The van der Waals surface area contributed by atoms with E-state index >= 15 is 0 Å². The molecule has 0 saturated carbocycles. The lowest BCUT2D eigenvalue weighted by atomic mass is 10.4. The van der Waals surface area contributed by atoms with Crippen LogP contribution >= 0.6 is 7.92 Å². The van der Waals surface area contributed by atoms with Crippen molar-refractivity contribution in [1.82, 2.24) is 10.4 Å². The van der Waals surface area contributed by atoms with Crippen LogP contribution in [0.15, 0.2) is 76.0 Å². The van der Waals surface area contributed by atoms with Crippen LogP contribution in [0.3, 0.4) is 0 Å². The van der Waals surface area contributed by atoms with Gasteiger partial charge in [-0.25, -0.2) is 5.43 Å². The van der Waals surface area contributed by atoms with Gasteiger partial charge in [0.25, 0.3) is 0 Å². The minimum absolute atomic E-state index is 0.0473. The molecule has 0 aliphatic carbocycles. The van der Waals surface area contributed by atoms with Crippen molar-refractivity contribution >= 4 is 19.1 Å². The maximum atomic E-state index is 12.2. The van der Waals surface area contributed by atoms with E-state index in [1.807, 2.05) is 42.5 Å². The van der Waals surface area contributed by atoms with Gasteiger partial charge in [-0.15, -0.1) is 0 Å². The number of carbonyl (C=O) groups is 1. The van der Waals surface area contributed by atoms with E-state index < -0.39 is 7.92 Å². The minimum Gasteiger partial charge on any atom is -0.467 e. The summed E-state index contributed by atoms with van der Waals surface area (Å²) in [6, 6.07) is 17.8. The zero-order valence-electron chi connectivity index (χ0n) is 13.1. The molecular weight excluding hydrogens is 323 g/mol. The fraction of sp³-hybridized carbons (Fsp3) is 0.167. The largest absolute Gasteiger partial charge is 0.467 e. The van der Waals surface area contributed by atoms with E-state index in [-0.39, 0.29) is 17.5 Å². The molecule has 0 radical (unpaired) electrons. The average molecular weight is 340 g/mol. The summed E-state index contributed by atoms with van der Waals surface area (Å²) >= 11 is 0. The van der Waals surface area contributed by atoms with E-state index in [4.69, 9.17) is 8.83 Å². The summed E-state index contributed by atoms with van der Waals surface area (Å²) in [7, 11) is -0.833. The molecule has 3 heterocycles. The summed E-state index contributed by atoms with van der Waals surface area (Å²) in [5, 5.41) is 2.86. The number of amides is 1. The van der Waals surface area contributed by atoms with Crippen LogP contribution in [-0.2, 0) is 4.79 Å². The standard InChI is InChI=1S/C18H17N2O3P/c1-13(21)20-18(16-10-6-12-23-16)24(14-7-3-2-4-8-14)17(19-20)15-9-5-11-22-15/h2-12,17-19H,1H3/t17-,18-,24?/m0/s1. The molecule has 5 nitrogen and oxygen atoms in total. The van der Waals surface area contributed by atoms with Gasteiger partial charge < -0.3 is 8.83 Å². The maximum Gasteiger partial charge on any atom is 0.234 e. The number of hydrogen-bond acceptors (Lipinski definition) is 4. The zero-order chi connectivity index (χ0) is 16.5. The van der Waals surface area contributed by atoms with E-state index in [1.54, 1.807) is 24.5 Å². The quantitative estimate of drug-likeness (QED) is 0.738. The van der Waals surface area contributed by atoms with Gasteiger partial charge in [0.2, 0.25) is 5.91 Å². The van der Waals surface area contributed by atoms with E-state index in [0.717, 1.165) is 11.5 Å². The molecule has 0 bridgehead atoms. The van der Waals surface area contributed by atoms with Gasteiger partial charge >= 0.3 is 0 Å². The zero-order valence-corrected chi connectivity index (χ0v) is 14.0. The van der Waals surface area contributed by atoms with Gasteiger partial charge in [0, 0.05) is 6.92 Å². The second kappa shape index (κ2) is 6.27. The van der Waals surface area contributed by atoms with Crippen LogP contribution in [0, 0.1) is 0 Å². The summed E-state index contributed by atoms with van der Waals surface area (Å²) in [4.78, 5) is 12.2. The van der Waals surface area contributed by atoms with Crippen LogP contribution < -0.4 is 10.7 Å². The van der Waals surface area contributed by atoms with Gasteiger partial charge in [0.1, 0.15) is 23.1 Å². The van der Waals surface area contributed by atoms with E-state index in [1.165, 1.54) is 5.30 Å². The maximum absolute atomic E-state index is 12.2. The number of hydrazine groups is 1. The molecule has 3 atom stereocenters. The Bertz CT molecular complexity index is 802. The number of hydrogen-bond donors (Lipinski definition) is 1. The summed E-state index contributed by atoms with van der Waals surface area (Å²) in [5.41, 5.74) is 3.34. The molecule has 1 N–H and O–H groups in total. The van der Waals surface area contributed by atoms with Crippen molar-refractivity contribution in [3.63, 3.8) is 0 Å². The van der Waals surface area contributed by atoms with Crippen molar-refractivity contribution in [2.75, 3.05) is 0 Å². The lowest BCUT2D eigenvalue weighted by Crippen LogP contribution is -2.37. The van der Waals surface area contributed by atoms with Crippen LogP contribution in [0.5, 0.6) is 0 Å². The van der Waals surface area contributed by atoms with Crippen molar-refractivity contribution < 1.29 is 13.6 Å². The fourth-order valence-electron chi connectivity index (χ4n) is 3.03. The molecule has 1 aliphatic heterocycles. The second-order valence-corrected chi connectivity index (χ2v) is 7.90. The molecule has 2 aromatic heterocycles. The molecule has 0 spiro atoms. The van der Waals surface area contributed by atoms with Crippen molar-refractivity contribution in [3.05, 3.63) is 78.6 Å². The first-order valence-electron chi connectivity index (χ1n) is 7.72. The predicted octanol–water partition coefficient (Wildman–Crippen LogP) is 3.74. The molecule has 122 valence electrons. The van der Waals surface area contributed by atoms with E-state index in [9.17, 15) is 4.79 Å². The first-order chi connectivity index (χ1) is 11.8. The fourth-order valence-corrected chi connectivity index (χ4v) is 5.98. The van der Waals surface area contributed by atoms with Gasteiger partial charge in [0.15, 0.2) is 0 Å². The predicted molar refractivity (Wildman–Crippen MR) is 91.5 cm³/mol. The highest BCUT2D eigenvalue weighted by molar-refractivity contribution is 7.66. The Kier molecular flexibility index (Phi) is 3.97. The SMILES string of the molecule is CC(=O)N1N[C@H](c2ccco2)P(c2ccccc2)[C@H]1c1ccco1. The first-order valence-corrected chi connectivity index (χ1v) is 9.20. The summed E-state index contributed by atoms with van der Waals surface area (Å²) in [5.74, 6) is 1.29.